The fourth-order valence-corrected chi connectivity index (χ4v) is 1.07. The first-order valence-electron chi connectivity index (χ1n) is 4.49. The maximum atomic E-state index is 10.8. The summed E-state index contributed by atoms with van der Waals surface area (Å²) in [7, 11) is 0. The molecule has 0 saturated heterocycles. The van der Waals surface area contributed by atoms with E-state index in [0.29, 0.717) is 11.8 Å². The molecule has 0 amide bonds. The molecule has 0 aliphatic carbocycles. The van der Waals surface area contributed by atoms with Crippen molar-refractivity contribution in [1.29, 1.82) is 0 Å². The van der Waals surface area contributed by atoms with Crippen molar-refractivity contribution in [2.24, 2.45) is 0 Å². The standard InChI is InChI=1S/C11H10O5/c1-7(13)15-10-4-3-9(6-12)5-11(10)16-8(2)14/h3-6H,1-2H3. The zero-order chi connectivity index (χ0) is 12.1. The summed E-state index contributed by atoms with van der Waals surface area (Å²) in [5.74, 6) is -0.940. The van der Waals surface area contributed by atoms with E-state index in [0.717, 1.165) is 0 Å². The minimum absolute atomic E-state index is 0.0484. The fourth-order valence-electron chi connectivity index (χ4n) is 1.07. The van der Waals surface area contributed by atoms with Crippen molar-refractivity contribution in [3.63, 3.8) is 0 Å². The predicted molar refractivity (Wildman–Crippen MR) is 54.4 cm³/mol. The van der Waals surface area contributed by atoms with Crippen LogP contribution < -0.4 is 9.47 Å². The number of benzene rings is 1. The minimum Gasteiger partial charge on any atom is -0.423 e. The van der Waals surface area contributed by atoms with Gasteiger partial charge in [0.05, 0.1) is 0 Å². The van der Waals surface area contributed by atoms with Gasteiger partial charge in [0.15, 0.2) is 11.5 Å². The van der Waals surface area contributed by atoms with Gasteiger partial charge in [-0.05, 0) is 18.2 Å². The van der Waals surface area contributed by atoms with E-state index in [-0.39, 0.29) is 11.5 Å². The SMILES string of the molecule is CC(=O)Oc1ccc(C=O)cc1OC(C)=O. The topological polar surface area (TPSA) is 69.7 Å². The highest BCUT2D eigenvalue weighted by Crippen LogP contribution is 2.28. The Morgan fingerprint density at radius 1 is 1.06 bits per heavy atom. The van der Waals surface area contributed by atoms with E-state index in [4.69, 9.17) is 9.47 Å². The van der Waals surface area contributed by atoms with E-state index in [1.54, 1.807) is 0 Å². The number of hydrogen-bond acceptors (Lipinski definition) is 5. The van der Waals surface area contributed by atoms with Gasteiger partial charge in [-0.1, -0.05) is 0 Å². The highest BCUT2D eigenvalue weighted by molar-refractivity contribution is 5.79. The van der Waals surface area contributed by atoms with Gasteiger partial charge in [-0.15, -0.1) is 0 Å². The summed E-state index contributed by atoms with van der Waals surface area (Å²) >= 11 is 0. The van der Waals surface area contributed by atoms with Gasteiger partial charge < -0.3 is 9.47 Å². The summed E-state index contributed by atoms with van der Waals surface area (Å²) in [4.78, 5) is 32.1. The van der Waals surface area contributed by atoms with Crippen LogP contribution in [0.3, 0.4) is 0 Å². The molecular formula is C11H10O5. The lowest BCUT2D eigenvalue weighted by Crippen LogP contribution is -2.07. The van der Waals surface area contributed by atoms with Crippen LogP contribution in [0.1, 0.15) is 24.2 Å². The van der Waals surface area contributed by atoms with Crippen LogP contribution in [0.5, 0.6) is 11.5 Å². The van der Waals surface area contributed by atoms with Crippen molar-refractivity contribution in [1.82, 2.24) is 0 Å². The van der Waals surface area contributed by atoms with Crippen LogP contribution in [0.4, 0.5) is 0 Å². The molecule has 0 aromatic heterocycles. The lowest BCUT2D eigenvalue weighted by Gasteiger charge is -2.08. The molecule has 0 heterocycles. The van der Waals surface area contributed by atoms with Gasteiger partial charge in [0.25, 0.3) is 0 Å². The first-order valence-corrected chi connectivity index (χ1v) is 4.49. The van der Waals surface area contributed by atoms with Gasteiger partial charge in [-0.2, -0.15) is 0 Å². The molecule has 0 bridgehead atoms. The van der Waals surface area contributed by atoms with E-state index < -0.39 is 11.9 Å². The first-order chi connectivity index (χ1) is 7.52. The molecule has 0 unspecified atom stereocenters. The Labute approximate surface area is 92.0 Å². The Balaban J connectivity index is 3.09. The van der Waals surface area contributed by atoms with Crippen LogP contribution in [0.15, 0.2) is 18.2 Å². The summed E-state index contributed by atoms with van der Waals surface area (Å²) in [5.41, 5.74) is 0.326. The third-order valence-corrected chi connectivity index (χ3v) is 1.61. The van der Waals surface area contributed by atoms with Gasteiger partial charge >= 0.3 is 11.9 Å². The number of carbonyl (C=O) groups is 3. The second-order valence-corrected chi connectivity index (χ2v) is 3.01. The first kappa shape index (κ1) is 11.9. The van der Waals surface area contributed by atoms with E-state index in [1.807, 2.05) is 0 Å². The van der Waals surface area contributed by atoms with Gasteiger partial charge in [-0.3, -0.25) is 14.4 Å². The van der Waals surface area contributed by atoms with Gasteiger partial charge in [0.1, 0.15) is 6.29 Å². The van der Waals surface area contributed by atoms with Crippen LogP contribution in [0, 0.1) is 0 Å². The number of carbonyl (C=O) groups excluding carboxylic acids is 3. The van der Waals surface area contributed by atoms with Crippen LogP contribution in [0.2, 0.25) is 0 Å². The smallest absolute Gasteiger partial charge is 0.308 e. The number of rotatable bonds is 3. The van der Waals surface area contributed by atoms with Crippen molar-refractivity contribution in [2.45, 2.75) is 13.8 Å². The summed E-state index contributed by atoms with van der Waals surface area (Å²) in [6.07, 6.45) is 0.602. The molecular weight excluding hydrogens is 212 g/mol. The molecule has 0 aliphatic rings. The second kappa shape index (κ2) is 5.06. The van der Waals surface area contributed by atoms with Crippen molar-refractivity contribution in [2.75, 3.05) is 0 Å². The molecule has 84 valence electrons. The molecule has 0 aliphatic heterocycles. The molecule has 16 heavy (non-hydrogen) atoms. The molecule has 1 aromatic rings. The largest absolute Gasteiger partial charge is 0.423 e. The summed E-state index contributed by atoms with van der Waals surface area (Å²) in [6, 6.07) is 4.17. The van der Waals surface area contributed by atoms with Gasteiger partial charge in [0, 0.05) is 19.4 Å². The highest BCUT2D eigenvalue weighted by atomic mass is 16.6. The van der Waals surface area contributed by atoms with Gasteiger partial charge in [-0.25, -0.2) is 0 Å². The Hall–Kier alpha value is -2.17. The number of esters is 2. The third-order valence-electron chi connectivity index (χ3n) is 1.61. The fraction of sp³-hybridized carbons (Fsp3) is 0.182. The normalized spacial score (nSPS) is 9.38. The van der Waals surface area contributed by atoms with E-state index >= 15 is 0 Å². The summed E-state index contributed by atoms with van der Waals surface area (Å²) < 4.78 is 9.63. The second-order valence-electron chi connectivity index (χ2n) is 3.01. The van der Waals surface area contributed by atoms with Crippen molar-refractivity contribution < 1.29 is 23.9 Å². The minimum atomic E-state index is -0.559. The Morgan fingerprint density at radius 3 is 2.12 bits per heavy atom. The van der Waals surface area contributed by atoms with Crippen LogP contribution in [0.25, 0.3) is 0 Å². The van der Waals surface area contributed by atoms with Crippen molar-refractivity contribution in [3.8, 4) is 11.5 Å². The molecule has 0 fully saturated rings. The molecule has 0 atom stereocenters. The van der Waals surface area contributed by atoms with E-state index in [9.17, 15) is 14.4 Å². The van der Waals surface area contributed by atoms with E-state index in [2.05, 4.69) is 0 Å². The van der Waals surface area contributed by atoms with Gasteiger partial charge in [0.2, 0.25) is 0 Å². The molecule has 1 aromatic carbocycles. The molecule has 0 saturated carbocycles. The number of aldehydes is 1. The Bertz CT molecular complexity index is 436. The highest BCUT2D eigenvalue weighted by Gasteiger charge is 2.10. The molecule has 5 heteroatoms. The molecule has 0 spiro atoms. The zero-order valence-corrected chi connectivity index (χ0v) is 8.85. The quantitative estimate of drug-likeness (QED) is 0.438. The maximum Gasteiger partial charge on any atom is 0.308 e. The lowest BCUT2D eigenvalue weighted by atomic mass is 10.2. The maximum absolute atomic E-state index is 10.8. The van der Waals surface area contributed by atoms with Crippen LogP contribution >= 0.6 is 0 Å². The average Bonchev–Trinajstić information content (AvgIpc) is 2.19. The van der Waals surface area contributed by atoms with Crippen molar-refractivity contribution >= 4 is 18.2 Å². The Kier molecular flexibility index (Phi) is 3.77. The monoisotopic (exact) mass is 222 g/mol. The zero-order valence-electron chi connectivity index (χ0n) is 8.85. The lowest BCUT2D eigenvalue weighted by molar-refractivity contribution is -0.134. The number of ether oxygens (including phenoxy) is 2. The van der Waals surface area contributed by atoms with Crippen molar-refractivity contribution in [3.05, 3.63) is 23.8 Å². The summed E-state index contributed by atoms with van der Waals surface area (Å²) in [5, 5.41) is 0. The van der Waals surface area contributed by atoms with Crippen LogP contribution in [-0.2, 0) is 9.59 Å². The molecule has 5 nitrogen and oxygen atoms in total. The predicted octanol–water partition coefficient (Wildman–Crippen LogP) is 1.35. The molecule has 1 rings (SSSR count). The number of hydrogen-bond donors (Lipinski definition) is 0. The Morgan fingerprint density at radius 2 is 1.62 bits per heavy atom. The van der Waals surface area contributed by atoms with E-state index in [1.165, 1.54) is 32.0 Å². The molecule has 0 N–H and O–H groups in total. The summed E-state index contributed by atoms with van der Waals surface area (Å²) in [6.45, 7) is 2.44. The van der Waals surface area contributed by atoms with Crippen LogP contribution in [-0.4, -0.2) is 18.2 Å². The third kappa shape index (κ3) is 3.20. The average molecular weight is 222 g/mol. The molecule has 0 radical (unpaired) electrons.